The normalized spacial score (nSPS) is 15.6. The molecule has 1 saturated heterocycles. The van der Waals surface area contributed by atoms with Gasteiger partial charge in [-0.1, -0.05) is 12.1 Å². The molecule has 0 aromatic heterocycles. The highest BCUT2D eigenvalue weighted by atomic mass is 19.3. The summed E-state index contributed by atoms with van der Waals surface area (Å²) in [6.07, 6.45) is -0.0965. The number of likely N-dealkylation sites (tertiary alicyclic amines) is 1. The first-order chi connectivity index (χ1) is 12.8. The van der Waals surface area contributed by atoms with Crippen LogP contribution in [0, 0.1) is 0 Å². The van der Waals surface area contributed by atoms with Crippen LogP contribution in [0.2, 0.25) is 0 Å². The number of carbonyl (C=O) groups excluding carboxylic acids is 3. The molecule has 0 spiro atoms. The van der Waals surface area contributed by atoms with Crippen LogP contribution in [0.3, 0.4) is 0 Å². The summed E-state index contributed by atoms with van der Waals surface area (Å²) in [7, 11) is 0. The minimum atomic E-state index is -3.76. The summed E-state index contributed by atoms with van der Waals surface area (Å²) in [4.78, 5) is 37.1. The van der Waals surface area contributed by atoms with Gasteiger partial charge in [0.1, 0.15) is 0 Å². The number of ether oxygens (including phenoxy) is 2. The van der Waals surface area contributed by atoms with Gasteiger partial charge in [0, 0.05) is 19.4 Å². The van der Waals surface area contributed by atoms with Gasteiger partial charge in [-0.3, -0.25) is 4.79 Å². The number of alkyl halides is 2. The molecule has 1 fully saturated rings. The average Bonchev–Trinajstić information content (AvgIpc) is 3.06. The minimum absolute atomic E-state index is 0.167. The van der Waals surface area contributed by atoms with Crippen molar-refractivity contribution < 1.29 is 32.6 Å². The molecule has 8 heteroatoms. The summed E-state index contributed by atoms with van der Waals surface area (Å²) in [5.41, 5.74) is 0.547. The maximum absolute atomic E-state index is 14.4. The number of benzene rings is 1. The molecule has 1 aliphatic rings. The number of nitrogens with zero attached hydrogens (tertiary/aromatic N) is 1. The van der Waals surface area contributed by atoms with E-state index in [1.807, 2.05) is 0 Å². The summed E-state index contributed by atoms with van der Waals surface area (Å²) >= 11 is 0. The van der Waals surface area contributed by atoms with Crippen LogP contribution in [-0.4, -0.2) is 48.4 Å². The van der Waals surface area contributed by atoms with Crippen LogP contribution < -0.4 is 0 Å². The highest BCUT2D eigenvalue weighted by molar-refractivity contribution is 5.89. The second-order valence-electron chi connectivity index (χ2n) is 6.18. The lowest BCUT2D eigenvalue weighted by Crippen LogP contribution is -2.39. The molecule has 1 amide bonds. The number of hydrogen-bond acceptors (Lipinski definition) is 5. The van der Waals surface area contributed by atoms with Gasteiger partial charge in [0.05, 0.1) is 24.8 Å². The second-order valence-corrected chi connectivity index (χ2v) is 6.18. The van der Waals surface area contributed by atoms with Gasteiger partial charge < -0.3 is 14.4 Å². The van der Waals surface area contributed by atoms with Gasteiger partial charge in [-0.05, 0) is 38.0 Å². The third-order valence-corrected chi connectivity index (χ3v) is 4.29. The molecule has 27 heavy (non-hydrogen) atoms. The Hall–Kier alpha value is -2.51. The SMILES string of the molecule is CCOC(=O)c1cccc(C(CC(F)(F)C(=O)OCC)N2CCCC2=O)c1. The lowest BCUT2D eigenvalue weighted by Gasteiger charge is -2.30. The Kier molecular flexibility index (Phi) is 6.87. The van der Waals surface area contributed by atoms with E-state index in [1.54, 1.807) is 13.0 Å². The van der Waals surface area contributed by atoms with Crippen molar-refractivity contribution in [1.82, 2.24) is 4.90 Å². The van der Waals surface area contributed by atoms with E-state index in [1.165, 1.54) is 30.0 Å². The van der Waals surface area contributed by atoms with Gasteiger partial charge in [0.15, 0.2) is 0 Å². The van der Waals surface area contributed by atoms with Crippen molar-refractivity contribution in [3.8, 4) is 0 Å². The van der Waals surface area contributed by atoms with Crippen LogP contribution in [0.5, 0.6) is 0 Å². The molecule has 0 aliphatic carbocycles. The number of carbonyl (C=O) groups is 3. The maximum Gasteiger partial charge on any atom is 0.377 e. The van der Waals surface area contributed by atoms with Crippen molar-refractivity contribution in [3.05, 3.63) is 35.4 Å². The Bertz CT molecular complexity index is 707. The number of amides is 1. The van der Waals surface area contributed by atoms with Crippen molar-refractivity contribution in [2.75, 3.05) is 19.8 Å². The van der Waals surface area contributed by atoms with Crippen molar-refractivity contribution in [2.24, 2.45) is 0 Å². The van der Waals surface area contributed by atoms with Crippen molar-refractivity contribution in [2.45, 2.75) is 45.1 Å². The number of esters is 2. The molecule has 6 nitrogen and oxygen atoms in total. The van der Waals surface area contributed by atoms with Gasteiger partial charge in [0.25, 0.3) is 0 Å². The van der Waals surface area contributed by atoms with Crippen LogP contribution in [0.25, 0.3) is 0 Å². The van der Waals surface area contributed by atoms with E-state index in [0.29, 0.717) is 18.5 Å². The molecule has 1 heterocycles. The van der Waals surface area contributed by atoms with Gasteiger partial charge in [-0.15, -0.1) is 0 Å². The fourth-order valence-electron chi connectivity index (χ4n) is 3.06. The molecule has 148 valence electrons. The van der Waals surface area contributed by atoms with Crippen LogP contribution in [0.15, 0.2) is 24.3 Å². The van der Waals surface area contributed by atoms with E-state index in [4.69, 9.17) is 4.74 Å². The smallest absolute Gasteiger partial charge is 0.377 e. The van der Waals surface area contributed by atoms with Gasteiger partial charge in [0.2, 0.25) is 5.91 Å². The summed E-state index contributed by atoms with van der Waals surface area (Å²) < 4.78 is 38.2. The van der Waals surface area contributed by atoms with E-state index in [0.717, 1.165) is 0 Å². The Balaban J connectivity index is 2.36. The average molecular weight is 383 g/mol. The zero-order valence-electron chi connectivity index (χ0n) is 15.4. The fraction of sp³-hybridized carbons (Fsp3) is 0.526. The number of halogens is 2. The number of hydrogen-bond donors (Lipinski definition) is 0. The Morgan fingerprint density at radius 2 is 1.93 bits per heavy atom. The van der Waals surface area contributed by atoms with Crippen molar-refractivity contribution in [1.29, 1.82) is 0 Å². The molecule has 1 unspecified atom stereocenters. The molecule has 0 N–H and O–H groups in total. The Labute approximate surface area is 156 Å². The third-order valence-electron chi connectivity index (χ3n) is 4.29. The first-order valence-electron chi connectivity index (χ1n) is 8.91. The standard InChI is InChI=1S/C19H23F2NO5/c1-3-26-17(24)14-8-5-7-13(11-14)15(22-10-6-9-16(22)23)12-19(20,21)18(25)27-4-2/h5,7-8,11,15H,3-4,6,9-10,12H2,1-2H3. The van der Waals surface area contributed by atoms with Crippen LogP contribution in [0.1, 0.15) is 55.1 Å². The quantitative estimate of drug-likeness (QED) is 0.645. The molecule has 0 bridgehead atoms. The molecule has 2 rings (SSSR count). The lowest BCUT2D eigenvalue weighted by molar-refractivity contribution is -0.175. The zero-order chi connectivity index (χ0) is 20.0. The molecule has 1 aromatic carbocycles. The second kappa shape index (κ2) is 8.92. The molecular formula is C19H23F2NO5. The summed E-state index contributed by atoms with van der Waals surface area (Å²) in [5.74, 6) is -6.23. The highest BCUT2D eigenvalue weighted by Crippen LogP contribution is 2.36. The number of rotatable bonds is 8. The summed E-state index contributed by atoms with van der Waals surface area (Å²) in [6, 6.07) is 4.98. The van der Waals surface area contributed by atoms with Crippen LogP contribution in [0.4, 0.5) is 8.78 Å². The predicted molar refractivity (Wildman–Crippen MR) is 92.3 cm³/mol. The topological polar surface area (TPSA) is 72.9 Å². The Morgan fingerprint density at radius 1 is 1.22 bits per heavy atom. The summed E-state index contributed by atoms with van der Waals surface area (Å²) in [5, 5.41) is 0. The third kappa shape index (κ3) is 5.02. The van der Waals surface area contributed by atoms with E-state index < -0.39 is 30.3 Å². The molecule has 0 radical (unpaired) electrons. The lowest BCUT2D eigenvalue weighted by atomic mass is 9.96. The van der Waals surface area contributed by atoms with Crippen molar-refractivity contribution >= 4 is 17.8 Å². The van der Waals surface area contributed by atoms with Crippen LogP contribution in [-0.2, 0) is 19.1 Å². The van der Waals surface area contributed by atoms with E-state index in [2.05, 4.69) is 4.74 Å². The fourth-order valence-corrected chi connectivity index (χ4v) is 3.06. The molecule has 1 atom stereocenters. The van der Waals surface area contributed by atoms with Crippen molar-refractivity contribution in [3.63, 3.8) is 0 Å². The molecule has 0 saturated carbocycles. The first kappa shape index (κ1) is 20.8. The Morgan fingerprint density at radius 3 is 2.52 bits per heavy atom. The minimum Gasteiger partial charge on any atom is -0.462 e. The monoisotopic (exact) mass is 383 g/mol. The first-order valence-corrected chi connectivity index (χ1v) is 8.91. The summed E-state index contributed by atoms with van der Waals surface area (Å²) in [6.45, 7) is 3.43. The molecular weight excluding hydrogens is 360 g/mol. The van der Waals surface area contributed by atoms with Gasteiger partial charge in [-0.25, -0.2) is 9.59 Å². The predicted octanol–water partition coefficient (Wildman–Crippen LogP) is 3.12. The van der Waals surface area contributed by atoms with E-state index in [9.17, 15) is 23.2 Å². The van der Waals surface area contributed by atoms with Crippen LogP contribution >= 0.6 is 0 Å². The molecule has 1 aliphatic heterocycles. The van der Waals surface area contributed by atoms with Gasteiger partial charge in [-0.2, -0.15) is 8.78 Å². The highest BCUT2D eigenvalue weighted by Gasteiger charge is 2.45. The van der Waals surface area contributed by atoms with E-state index >= 15 is 0 Å². The van der Waals surface area contributed by atoms with E-state index in [-0.39, 0.29) is 31.1 Å². The zero-order valence-corrected chi connectivity index (χ0v) is 15.4. The molecule has 1 aromatic rings. The maximum atomic E-state index is 14.4. The largest absolute Gasteiger partial charge is 0.462 e. The van der Waals surface area contributed by atoms with Gasteiger partial charge >= 0.3 is 17.9 Å².